The third-order valence-electron chi connectivity index (χ3n) is 3.75. The molecule has 2 rings (SSSR count). The summed E-state index contributed by atoms with van der Waals surface area (Å²) in [5, 5.41) is 17.5. The normalized spacial score (nSPS) is 11.0. The van der Waals surface area contributed by atoms with Crippen LogP contribution in [0.1, 0.15) is 30.1 Å². The van der Waals surface area contributed by atoms with Crippen molar-refractivity contribution in [3.63, 3.8) is 0 Å². The molecule has 4 N–H and O–H groups in total. The molecule has 0 aliphatic rings. The Labute approximate surface area is 168 Å². The smallest absolute Gasteiger partial charge is 0.335 e. The van der Waals surface area contributed by atoms with E-state index in [1.54, 1.807) is 37.3 Å². The van der Waals surface area contributed by atoms with Crippen molar-refractivity contribution in [1.29, 1.82) is 0 Å². The van der Waals surface area contributed by atoms with Gasteiger partial charge in [-0.2, -0.15) is 0 Å². The largest absolute Gasteiger partial charge is 0.478 e. The second-order valence-electron chi connectivity index (χ2n) is 5.95. The molecule has 156 valence electrons. The maximum Gasteiger partial charge on any atom is 0.335 e. The van der Waals surface area contributed by atoms with Crippen molar-refractivity contribution >= 4 is 27.6 Å². The summed E-state index contributed by atoms with van der Waals surface area (Å²) in [4.78, 5) is 22.4. The van der Waals surface area contributed by atoms with Crippen LogP contribution in [0, 0.1) is 0 Å². The first-order valence-electron chi connectivity index (χ1n) is 8.79. The number of ether oxygens (including phenoxy) is 2. The molecular formula is C19H22N2O7S. The molecule has 0 atom stereocenters. The van der Waals surface area contributed by atoms with Gasteiger partial charge in [0.25, 0.3) is 0 Å². The number of hydrogen-bond donors (Lipinski definition) is 3. The van der Waals surface area contributed by atoms with Gasteiger partial charge in [-0.05, 0) is 37.6 Å². The summed E-state index contributed by atoms with van der Waals surface area (Å²) < 4.78 is 34.7. The first-order valence-corrected chi connectivity index (χ1v) is 10.3. The number of aromatic carboxylic acids is 1. The molecule has 0 aliphatic carbocycles. The first kappa shape index (κ1) is 22.2. The van der Waals surface area contributed by atoms with Crippen LogP contribution in [0.25, 0.3) is 0 Å². The lowest BCUT2D eigenvalue weighted by Crippen LogP contribution is -2.16. The molecular weight excluding hydrogens is 400 g/mol. The van der Waals surface area contributed by atoms with E-state index in [-0.39, 0.29) is 42.5 Å². The van der Waals surface area contributed by atoms with Crippen LogP contribution in [0.3, 0.4) is 0 Å². The van der Waals surface area contributed by atoms with E-state index < -0.39 is 20.9 Å². The molecule has 0 bridgehead atoms. The minimum absolute atomic E-state index is 0.125. The van der Waals surface area contributed by atoms with Gasteiger partial charge >= 0.3 is 11.9 Å². The van der Waals surface area contributed by atoms with E-state index in [0.717, 1.165) is 6.07 Å². The third-order valence-corrected chi connectivity index (χ3v) is 4.67. The second kappa shape index (κ2) is 9.89. The van der Waals surface area contributed by atoms with Crippen LogP contribution >= 0.6 is 0 Å². The summed E-state index contributed by atoms with van der Waals surface area (Å²) in [5.41, 5.74) is -0.149. The molecule has 0 saturated carbocycles. The summed E-state index contributed by atoms with van der Waals surface area (Å²) in [5.74, 6) is -1.47. The fourth-order valence-corrected chi connectivity index (χ4v) is 3.17. The van der Waals surface area contributed by atoms with Crippen LogP contribution in [0.5, 0.6) is 11.5 Å². The molecule has 0 heterocycles. The van der Waals surface area contributed by atoms with Crippen LogP contribution in [-0.2, 0) is 19.6 Å². The van der Waals surface area contributed by atoms with Gasteiger partial charge in [0.15, 0.2) is 5.75 Å². The number of primary sulfonamides is 1. The molecule has 2 aromatic rings. The van der Waals surface area contributed by atoms with E-state index in [9.17, 15) is 23.1 Å². The number of carboxylic acid groups (broad SMARTS) is 1. The van der Waals surface area contributed by atoms with E-state index in [1.165, 1.54) is 6.07 Å². The standard InChI is InChI=1S/C19H22N2O7S/c1-2-27-17(22)9-6-10-21-15-11-13(19(23)24)12-16(29(20,25)26)18(15)28-14-7-4-3-5-8-14/h3-5,7-8,11-12,21H,2,6,9-10H2,1H3,(H,23,24)(H2,20,25,26). The highest BCUT2D eigenvalue weighted by Crippen LogP contribution is 2.37. The van der Waals surface area contributed by atoms with Gasteiger partial charge in [0.05, 0.1) is 17.9 Å². The topological polar surface area (TPSA) is 145 Å². The highest BCUT2D eigenvalue weighted by Gasteiger charge is 2.23. The fourth-order valence-electron chi connectivity index (χ4n) is 2.47. The molecule has 0 radical (unpaired) electrons. The molecule has 2 aromatic carbocycles. The Balaban J connectivity index is 2.38. The Hall–Kier alpha value is -3.11. The number of nitrogens with two attached hydrogens (primary N) is 1. The summed E-state index contributed by atoms with van der Waals surface area (Å²) in [6, 6.07) is 10.6. The highest BCUT2D eigenvalue weighted by atomic mass is 32.2. The Kier molecular flexibility index (Phi) is 7.57. The van der Waals surface area contributed by atoms with Gasteiger partial charge in [0, 0.05) is 13.0 Å². The Morgan fingerprint density at radius 2 is 1.86 bits per heavy atom. The molecule has 0 spiro atoms. The molecule has 0 aliphatic heterocycles. The Bertz CT molecular complexity index is 976. The summed E-state index contributed by atoms with van der Waals surface area (Å²) in [6.45, 7) is 2.23. The molecule has 0 unspecified atom stereocenters. The van der Waals surface area contributed by atoms with Crippen molar-refractivity contribution in [2.75, 3.05) is 18.5 Å². The lowest BCUT2D eigenvalue weighted by Gasteiger charge is -2.17. The lowest BCUT2D eigenvalue weighted by molar-refractivity contribution is -0.143. The minimum Gasteiger partial charge on any atom is -0.478 e. The van der Waals surface area contributed by atoms with Crippen molar-refractivity contribution < 1.29 is 32.6 Å². The van der Waals surface area contributed by atoms with Crippen molar-refractivity contribution in [3.05, 3.63) is 48.0 Å². The summed E-state index contributed by atoms with van der Waals surface area (Å²) in [6.07, 6.45) is 0.530. The number of carbonyl (C=O) groups is 2. The number of anilines is 1. The molecule has 9 nitrogen and oxygen atoms in total. The molecule has 10 heteroatoms. The van der Waals surface area contributed by atoms with Crippen molar-refractivity contribution in [3.8, 4) is 11.5 Å². The third kappa shape index (κ3) is 6.47. The van der Waals surface area contributed by atoms with Gasteiger partial charge in [-0.25, -0.2) is 18.4 Å². The van der Waals surface area contributed by atoms with Crippen LogP contribution in [0.4, 0.5) is 5.69 Å². The molecule has 0 aromatic heterocycles. The Morgan fingerprint density at radius 3 is 2.45 bits per heavy atom. The van der Waals surface area contributed by atoms with Gasteiger partial charge in [0.1, 0.15) is 10.6 Å². The number of nitrogens with one attached hydrogen (secondary N) is 1. The number of carboxylic acids is 1. The number of carbonyl (C=O) groups excluding carboxylic acids is 1. The number of hydrogen-bond acceptors (Lipinski definition) is 7. The average Bonchev–Trinajstić information content (AvgIpc) is 2.66. The van der Waals surface area contributed by atoms with Crippen LogP contribution in [0.2, 0.25) is 0 Å². The van der Waals surface area contributed by atoms with E-state index in [0.29, 0.717) is 12.2 Å². The predicted molar refractivity (Wildman–Crippen MR) is 106 cm³/mol. The summed E-state index contributed by atoms with van der Waals surface area (Å²) in [7, 11) is -4.29. The SMILES string of the molecule is CCOC(=O)CCCNc1cc(C(=O)O)cc(S(N)(=O)=O)c1Oc1ccccc1. The molecule has 0 amide bonds. The number of para-hydroxylation sites is 1. The van der Waals surface area contributed by atoms with Crippen LogP contribution in [0.15, 0.2) is 47.4 Å². The van der Waals surface area contributed by atoms with Crippen molar-refractivity contribution in [1.82, 2.24) is 0 Å². The van der Waals surface area contributed by atoms with Gasteiger partial charge in [0.2, 0.25) is 10.0 Å². The fraction of sp³-hybridized carbons (Fsp3) is 0.263. The van der Waals surface area contributed by atoms with E-state index in [4.69, 9.17) is 14.6 Å². The number of sulfonamides is 1. The van der Waals surface area contributed by atoms with Crippen LogP contribution < -0.4 is 15.2 Å². The zero-order valence-corrected chi connectivity index (χ0v) is 16.6. The second-order valence-corrected chi connectivity index (χ2v) is 7.48. The van der Waals surface area contributed by atoms with Crippen molar-refractivity contribution in [2.24, 2.45) is 5.14 Å². The number of rotatable bonds is 10. The van der Waals surface area contributed by atoms with Gasteiger partial charge in [-0.3, -0.25) is 4.79 Å². The molecule has 29 heavy (non-hydrogen) atoms. The highest BCUT2D eigenvalue weighted by molar-refractivity contribution is 7.89. The quantitative estimate of drug-likeness (QED) is 0.391. The van der Waals surface area contributed by atoms with Gasteiger partial charge < -0.3 is 19.9 Å². The zero-order chi connectivity index (χ0) is 21.4. The van der Waals surface area contributed by atoms with E-state index in [2.05, 4.69) is 5.32 Å². The van der Waals surface area contributed by atoms with Crippen molar-refractivity contribution in [2.45, 2.75) is 24.7 Å². The minimum atomic E-state index is -4.29. The monoisotopic (exact) mass is 422 g/mol. The van der Waals surface area contributed by atoms with Crippen LogP contribution in [-0.4, -0.2) is 38.6 Å². The maximum atomic E-state index is 12.1. The van der Waals surface area contributed by atoms with Gasteiger partial charge in [-0.1, -0.05) is 18.2 Å². The number of esters is 1. The summed E-state index contributed by atoms with van der Waals surface area (Å²) >= 11 is 0. The van der Waals surface area contributed by atoms with Gasteiger partial charge in [-0.15, -0.1) is 0 Å². The number of benzene rings is 2. The predicted octanol–water partition coefficient (Wildman–Crippen LogP) is 2.58. The van der Waals surface area contributed by atoms with E-state index in [1.807, 2.05) is 0 Å². The molecule has 0 saturated heterocycles. The average molecular weight is 422 g/mol. The van der Waals surface area contributed by atoms with E-state index >= 15 is 0 Å². The molecule has 0 fully saturated rings. The lowest BCUT2D eigenvalue weighted by atomic mass is 10.1. The maximum absolute atomic E-state index is 12.1. The first-order chi connectivity index (χ1) is 13.7. The zero-order valence-electron chi connectivity index (χ0n) is 15.8. The Morgan fingerprint density at radius 1 is 1.17 bits per heavy atom.